The standard InChI is InChI=1S/C13H23F3N4O3/c1-17-11(21)9-18-12(22)20-6-4-19(5-7-20)3-2-8-23-10-13(14,15)16/h2-10H2,1H3,(H,17,21)(H,18,22). The Bertz CT molecular complexity index is 385. The lowest BCUT2D eigenvalue weighted by Gasteiger charge is -2.34. The second kappa shape index (κ2) is 9.56. The molecule has 23 heavy (non-hydrogen) atoms. The summed E-state index contributed by atoms with van der Waals surface area (Å²) in [6.45, 7) is 1.74. The molecule has 0 atom stereocenters. The average Bonchev–Trinajstić information content (AvgIpc) is 2.51. The Balaban J connectivity index is 2.11. The van der Waals surface area contributed by atoms with Gasteiger partial charge in [-0.15, -0.1) is 0 Å². The quantitative estimate of drug-likeness (QED) is 0.641. The molecule has 2 N–H and O–H groups in total. The summed E-state index contributed by atoms with van der Waals surface area (Å²) in [6.07, 6.45) is -3.77. The monoisotopic (exact) mass is 340 g/mol. The largest absolute Gasteiger partial charge is 0.411 e. The second-order valence-electron chi connectivity index (χ2n) is 5.18. The van der Waals surface area contributed by atoms with E-state index in [0.29, 0.717) is 39.1 Å². The highest BCUT2D eigenvalue weighted by atomic mass is 19.4. The number of ether oxygens (including phenoxy) is 1. The third-order valence-electron chi connectivity index (χ3n) is 3.37. The van der Waals surface area contributed by atoms with Crippen LogP contribution in [0.15, 0.2) is 0 Å². The molecule has 0 saturated carbocycles. The zero-order chi connectivity index (χ0) is 17.3. The van der Waals surface area contributed by atoms with Gasteiger partial charge in [-0.3, -0.25) is 9.69 Å². The maximum absolute atomic E-state index is 11.9. The fraction of sp³-hybridized carbons (Fsp3) is 0.846. The molecule has 7 nitrogen and oxygen atoms in total. The van der Waals surface area contributed by atoms with Crippen LogP contribution < -0.4 is 10.6 Å². The maximum Gasteiger partial charge on any atom is 0.411 e. The normalized spacial score (nSPS) is 16.3. The molecule has 0 aliphatic carbocycles. The van der Waals surface area contributed by atoms with Crippen molar-refractivity contribution >= 4 is 11.9 Å². The fourth-order valence-corrected chi connectivity index (χ4v) is 2.11. The Morgan fingerprint density at radius 2 is 1.83 bits per heavy atom. The van der Waals surface area contributed by atoms with Gasteiger partial charge in [0.15, 0.2) is 0 Å². The second-order valence-corrected chi connectivity index (χ2v) is 5.18. The molecule has 1 heterocycles. The van der Waals surface area contributed by atoms with Crippen LogP contribution in [-0.4, -0.2) is 87.4 Å². The van der Waals surface area contributed by atoms with Gasteiger partial charge in [0.2, 0.25) is 5.91 Å². The summed E-state index contributed by atoms with van der Waals surface area (Å²) in [4.78, 5) is 26.5. The van der Waals surface area contributed by atoms with Crippen molar-refractivity contribution in [1.82, 2.24) is 20.4 Å². The number of carbonyl (C=O) groups is 2. The number of carbonyl (C=O) groups excluding carboxylic acids is 2. The van der Waals surface area contributed by atoms with Crippen molar-refractivity contribution in [2.45, 2.75) is 12.6 Å². The van der Waals surface area contributed by atoms with Crippen LogP contribution in [0.3, 0.4) is 0 Å². The zero-order valence-corrected chi connectivity index (χ0v) is 13.1. The molecule has 1 saturated heterocycles. The number of halogens is 3. The number of nitrogens with zero attached hydrogens (tertiary/aromatic N) is 2. The number of hydrogen-bond acceptors (Lipinski definition) is 4. The third kappa shape index (κ3) is 8.60. The molecule has 0 aromatic rings. The van der Waals surface area contributed by atoms with Crippen LogP contribution in [0.4, 0.5) is 18.0 Å². The van der Waals surface area contributed by atoms with E-state index in [1.54, 1.807) is 4.90 Å². The first-order valence-corrected chi connectivity index (χ1v) is 7.42. The average molecular weight is 340 g/mol. The molecule has 0 bridgehead atoms. The molecule has 0 unspecified atom stereocenters. The molecular formula is C13H23F3N4O3. The van der Waals surface area contributed by atoms with Crippen molar-refractivity contribution in [2.75, 3.05) is 59.5 Å². The van der Waals surface area contributed by atoms with Gasteiger partial charge in [-0.2, -0.15) is 13.2 Å². The number of likely N-dealkylation sites (N-methyl/N-ethyl adjacent to an activating group) is 1. The van der Waals surface area contributed by atoms with Crippen molar-refractivity contribution < 1.29 is 27.5 Å². The summed E-state index contributed by atoms with van der Waals surface area (Å²) in [7, 11) is 1.49. The van der Waals surface area contributed by atoms with Crippen LogP contribution in [0.25, 0.3) is 0 Å². The van der Waals surface area contributed by atoms with Gasteiger partial charge in [0, 0.05) is 46.4 Å². The van der Waals surface area contributed by atoms with Crippen LogP contribution >= 0.6 is 0 Å². The highest BCUT2D eigenvalue weighted by molar-refractivity contribution is 5.83. The minimum Gasteiger partial charge on any atom is -0.372 e. The summed E-state index contributed by atoms with van der Waals surface area (Å²) in [5, 5.41) is 4.93. The van der Waals surface area contributed by atoms with E-state index in [1.807, 2.05) is 0 Å². The fourth-order valence-electron chi connectivity index (χ4n) is 2.11. The maximum atomic E-state index is 11.9. The van der Waals surface area contributed by atoms with Crippen molar-refractivity contribution in [1.29, 1.82) is 0 Å². The number of hydrogen-bond donors (Lipinski definition) is 2. The summed E-state index contributed by atoms with van der Waals surface area (Å²) in [6, 6.07) is -0.290. The molecule has 1 aliphatic heterocycles. The highest BCUT2D eigenvalue weighted by Crippen LogP contribution is 2.14. The zero-order valence-electron chi connectivity index (χ0n) is 13.1. The van der Waals surface area contributed by atoms with Crippen molar-refractivity contribution in [3.63, 3.8) is 0 Å². The summed E-state index contributed by atoms with van der Waals surface area (Å²) >= 11 is 0. The van der Waals surface area contributed by atoms with E-state index in [4.69, 9.17) is 0 Å². The highest BCUT2D eigenvalue weighted by Gasteiger charge is 2.27. The van der Waals surface area contributed by atoms with Crippen molar-refractivity contribution in [3.8, 4) is 0 Å². The van der Waals surface area contributed by atoms with Crippen LogP contribution in [0, 0.1) is 0 Å². The van der Waals surface area contributed by atoms with Crippen LogP contribution in [0.2, 0.25) is 0 Å². The Labute approximate surface area is 133 Å². The molecule has 0 aromatic carbocycles. The molecule has 0 spiro atoms. The van der Waals surface area contributed by atoms with Crippen molar-refractivity contribution in [3.05, 3.63) is 0 Å². The van der Waals surface area contributed by atoms with E-state index >= 15 is 0 Å². The third-order valence-corrected chi connectivity index (χ3v) is 3.37. The van der Waals surface area contributed by atoms with E-state index < -0.39 is 12.8 Å². The van der Waals surface area contributed by atoms with Gasteiger partial charge >= 0.3 is 12.2 Å². The summed E-state index contributed by atoms with van der Waals surface area (Å²) in [5.74, 6) is -0.268. The predicted molar refractivity (Wildman–Crippen MR) is 77.0 cm³/mol. The number of rotatable bonds is 7. The van der Waals surface area contributed by atoms with Crippen LogP contribution in [0.1, 0.15) is 6.42 Å². The Kier molecular flexibility index (Phi) is 8.10. The molecule has 10 heteroatoms. The molecule has 0 aromatic heterocycles. The first-order chi connectivity index (χ1) is 10.8. The van der Waals surface area contributed by atoms with E-state index in [2.05, 4.69) is 20.3 Å². The van der Waals surface area contributed by atoms with E-state index in [0.717, 1.165) is 0 Å². The van der Waals surface area contributed by atoms with Gasteiger partial charge < -0.3 is 20.3 Å². The van der Waals surface area contributed by atoms with Crippen LogP contribution in [0.5, 0.6) is 0 Å². The minimum absolute atomic E-state index is 0.0618. The van der Waals surface area contributed by atoms with Gasteiger partial charge in [0.1, 0.15) is 6.61 Å². The number of amides is 3. The lowest BCUT2D eigenvalue weighted by atomic mass is 10.3. The SMILES string of the molecule is CNC(=O)CNC(=O)N1CCN(CCCOCC(F)(F)F)CC1. The summed E-state index contributed by atoms with van der Waals surface area (Å²) < 4.78 is 40.2. The molecule has 1 fully saturated rings. The minimum atomic E-state index is -4.28. The molecule has 0 radical (unpaired) electrons. The predicted octanol–water partition coefficient (Wildman–Crippen LogP) is 0.0286. The topological polar surface area (TPSA) is 73.9 Å². The number of nitrogens with one attached hydrogen (secondary N) is 2. The van der Waals surface area contributed by atoms with E-state index in [-0.39, 0.29) is 25.1 Å². The van der Waals surface area contributed by atoms with Gasteiger partial charge in [-0.1, -0.05) is 0 Å². The Morgan fingerprint density at radius 3 is 2.39 bits per heavy atom. The molecule has 1 aliphatic rings. The van der Waals surface area contributed by atoms with E-state index in [1.165, 1.54) is 7.05 Å². The molecule has 134 valence electrons. The van der Waals surface area contributed by atoms with Crippen LogP contribution in [-0.2, 0) is 9.53 Å². The van der Waals surface area contributed by atoms with Gasteiger partial charge in [-0.05, 0) is 6.42 Å². The van der Waals surface area contributed by atoms with Crippen molar-refractivity contribution in [2.24, 2.45) is 0 Å². The smallest absolute Gasteiger partial charge is 0.372 e. The Hall–Kier alpha value is -1.55. The molecular weight excluding hydrogens is 317 g/mol. The Morgan fingerprint density at radius 1 is 1.17 bits per heavy atom. The first-order valence-electron chi connectivity index (χ1n) is 7.42. The molecule has 3 amide bonds. The van der Waals surface area contributed by atoms with E-state index in [9.17, 15) is 22.8 Å². The first kappa shape index (κ1) is 19.5. The number of piperazine rings is 1. The van der Waals surface area contributed by atoms with Gasteiger partial charge in [-0.25, -0.2) is 4.79 Å². The lowest BCUT2D eigenvalue weighted by Crippen LogP contribution is -2.53. The lowest BCUT2D eigenvalue weighted by molar-refractivity contribution is -0.174. The number of alkyl halides is 3. The van der Waals surface area contributed by atoms with Gasteiger partial charge in [0.25, 0.3) is 0 Å². The number of urea groups is 1. The van der Waals surface area contributed by atoms with Gasteiger partial charge in [0.05, 0.1) is 6.54 Å². The molecule has 1 rings (SSSR count). The summed E-state index contributed by atoms with van der Waals surface area (Å²) in [5.41, 5.74) is 0.